The molecule has 140 valence electrons. The lowest BCUT2D eigenvalue weighted by atomic mass is 9.92. The average molecular weight is 376 g/mol. The van der Waals surface area contributed by atoms with Gasteiger partial charge in [-0.2, -0.15) is 5.10 Å². The first kappa shape index (κ1) is 18.0. The molecule has 26 heavy (non-hydrogen) atoms. The predicted molar refractivity (Wildman–Crippen MR) is 103 cm³/mol. The van der Waals surface area contributed by atoms with Crippen LogP contribution in [0.15, 0.2) is 30.3 Å². The molecule has 6 heteroatoms. The van der Waals surface area contributed by atoms with Crippen LogP contribution in [-0.2, 0) is 9.47 Å². The van der Waals surface area contributed by atoms with Crippen molar-refractivity contribution in [2.75, 3.05) is 46.1 Å². The van der Waals surface area contributed by atoms with Crippen LogP contribution in [0.1, 0.15) is 24.5 Å². The highest BCUT2D eigenvalue weighted by Crippen LogP contribution is 2.31. The molecule has 0 atom stereocenters. The number of aromatic nitrogens is 2. The highest BCUT2D eigenvalue weighted by Gasteiger charge is 2.25. The normalized spacial score (nSPS) is 21.0. The number of nitrogens with one attached hydrogen (secondary N) is 1. The maximum atomic E-state index is 6.30. The number of rotatable bonds is 4. The van der Waals surface area contributed by atoms with E-state index in [9.17, 15) is 0 Å². The van der Waals surface area contributed by atoms with Crippen LogP contribution in [0.25, 0.3) is 11.3 Å². The molecule has 3 heterocycles. The van der Waals surface area contributed by atoms with Gasteiger partial charge in [0.15, 0.2) is 0 Å². The second kappa shape index (κ2) is 8.53. The maximum Gasteiger partial charge on any atom is 0.0938 e. The summed E-state index contributed by atoms with van der Waals surface area (Å²) >= 11 is 6.30. The van der Waals surface area contributed by atoms with Crippen LogP contribution in [-0.4, -0.2) is 61.2 Å². The third kappa shape index (κ3) is 4.29. The lowest BCUT2D eigenvalue weighted by molar-refractivity contribution is 0.0934. The van der Waals surface area contributed by atoms with Gasteiger partial charge < -0.3 is 14.4 Å². The zero-order chi connectivity index (χ0) is 17.8. The van der Waals surface area contributed by atoms with Crippen molar-refractivity contribution in [3.8, 4) is 11.3 Å². The van der Waals surface area contributed by atoms with Gasteiger partial charge in [0, 0.05) is 29.6 Å². The minimum atomic E-state index is 0.494. The molecule has 2 saturated heterocycles. The fourth-order valence-electron chi connectivity index (χ4n) is 3.92. The zero-order valence-corrected chi connectivity index (χ0v) is 15.8. The van der Waals surface area contributed by atoms with E-state index in [-0.39, 0.29) is 0 Å². The second-order valence-corrected chi connectivity index (χ2v) is 7.69. The minimum Gasteiger partial charge on any atom is -0.379 e. The van der Waals surface area contributed by atoms with Crippen LogP contribution in [0.4, 0.5) is 0 Å². The molecule has 0 radical (unpaired) electrons. The number of ether oxygens (including phenoxy) is 2. The molecule has 2 aliphatic rings. The van der Waals surface area contributed by atoms with Gasteiger partial charge in [0.1, 0.15) is 0 Å². The highest BCUT2D eigenvalue weighted by atomic mass is 35.5. The number of hydrogen-bond acceptors (Lipinski definition) is 4. The van der Waals surface area contributed by atoms with E-state index in [1.54, 1.807) is 0 Å². The van der Waals surface area contributed by atoms with Crippen molar-refractivity contribution in [1.29, 1.82) is 0 Å². The summed E-state index contributed by atoms with van der Waals surface area (Å²) in [6, 6.07) is 10.0. The molecular weight excluding hydrogens is 350 g/mol. The summed E-state index contributed by atoms with van der Waals surface area (Å²) in [6.07, 6.45) is 2.30. The van der Waals surface area contributed by atoms with Crippen LogP contribution in [0.5, 0.6) is 0 Å². The Balaban J connectivity index is 1.33. The van der Waals surface area contributed by atoms with E-state index >= 15 is 0 Å². The standard InChI is InChI=1S/C20H26ClN3O2/c21-18-4-2-1-3-17(18)20-11-19(22-23-20)16-5-7-24(8-6-16)12-15-13-25-9-10-26-14-15/h1-4,11,15-16H,5-10,12-14H2,(H,22,23). The molecule has 2 aliphatic heterocycles. The number of likely N-dealkylation sites (tertiary alicyclic amines) is 1. The maximum absolute atomic E-state index is 6.30. The molecule has 1 aromatic carbocycles. The molecule has 2 aromatic rings. The smallest absolute Gasteiger partial charge is 0.0938 e. The molecule has 0 unspecified atom stereocenters. The summed E-state index contributed by atoms with van der Waals surface area (Å²) in [5.74, 6) is 1.03. The van der Waals surface area contributed by atoms with E-state index < -0.39 is 0 Å². The summed E-state index contributed by atoms with van der Waals surface area (Å²) in [6.45, 7) is 6.39. The van der Waals surface area contributed by atoms with Crippen molar-refractivity contribution in [2.24, 2.45) is 5.92 Å². The van der Waals surface area contributed by atoms with Crippen LogP contribution < -0.4 is 0 Å². The number of piperidine rings is 1. The Labute approximate surface area is 159 Å². The van der Waals surface area contributed by atoms with E-state index in [0.717, 1.165) is 75.2 Å². The molecule has 4 rings (SSSR count). The number of hydrogen-bond donors (Lipinski definition) is 1. The van der Waals surface area contributed by atoms with Crippen molar-refractivity contribution in [3.63, 3.8) is 0 Å². The van der Waals surface area contributed by atoms with Crippen LogP contribution in [0.3, 0.4) is 0 Å². The minimum absolute atomic E-state index is 0.494. The van der Waals surface area contributed by atoms with Crippen LogP contribution in [0, 0.1) is 5.92 Å². The van der Waals surface area contributed by atoms with Crippen molar-refractivity contribution >= 4 is 11.6 Å². The van der Waals surface area contributed by atoms with Crippen LogP contribution >= 0.6 is 11.6 Å². The third-order valence-electron chi connectivity index (χ3n) is 5.37. The van der Waals surface area contributed by atoms with Gasteiger partial charge in [0.25, 0.3) is 0 Å². The molecular formula is C20H26ClN3O2. The van der Waals surface area contributed by atoms with Gasteiger partial charge in [-0.25, -0.2) is 0 Å². The van der Waals surface area contributed by atoms with Crippen molar-refractivity contribution in [1.82, 2.24) is 15.1 Å². The van der Waals surface area contributed by atoms with Crippen molar-refractivity contribution < 1.29 is 9.47 Å². The summed E-state index contributed by atoms with van der Waals surface area (Å²) < 4.78 is 11.2. The topological polar surface area (TPSA) is 50.4 Å². The molecule has 0 spiro atoms. The van der Waals surface area contributed by atoms with Gasteiger partial charge in [-0.15, -0.1) is 0 Å². The van der Waals surface area contributed by atoms with E-state index in [2.05, 4.69) is 21.2 Å². The third-order valence-corrected chi connectivity index (χ3v) is 5.70. The number of nitrogens with zero attached hydrogens (tertiary/aromatic N) is 2. The average Bonchev–Trinajstić information content (AvgIpc) is 3.01. The Hall–Kier alpha value is -1.40. The first-order valence-electron chi connectivity index (χ1n) is 9.47. The lowest BCUT2D eigenvalue weighted by Gasteiger charge is -2.33. The van der Waals surface area contributed by atoms with Gasteiger partial charge in [-0.3, -0.25) is 5.10 Å². The fourth-order valence-corrected chi connectivity index (χ4v) is 4.15. The van der Waals surface area contributed by atoms with E-state index in [1.807, 2.05) is 24.3 Å². The molecule has 0 saturated carbocycles. The predicted octanol–water partition coefficient (Wildman–Crippen LogP) is 3.57. The molecule has 2 fully saturated rings. The summed E-state index contributed by atoms with van der Waals surface area (Å²) in [4.78, 5) is 2.55. The second-order valence-electron chi connectivity index (χ2n) is 7.28. The molecule has 1 N–H and O–H groups in total. The van der Waals surface area contributed by atoms with E-state index in [1.165, 1.54) is 5.69 Å². The highest BCUT2D eigenvalue weighted by molar-refractivity contribution is 6.33. The van der Waals surface area contributed by atoms with Gasteiger partial charge in [0.2, 0.25) is 0 Å². The number of halogens is 1. The first-order valence-corrected chi connectivity index (χ1v) is 9.85. The molecule has 0 amide bonds. The first-order chi connectivity index (χ1) is 12.8. The van der Waals surface area contributed by atoms with Gasteiger partial charge in [-0.05, 0) is 38.1 Å². The Morgan fingerprint density at radius 3 is 2.58 bits per heavy atom. The van der Waals surface area contributed by atoms with Crippen molar-refractivity contribution in [3.05, 3.63) is 41.0 Å². The van der Waals surface area contributed by atoms with Crippen molar-refractivity contribution in [2.45, 2.75) is 18.8 Å². The zero-order valence-electron chi connectivity index (χ0n) is 15.0. The number of H-pyrrole nitrogens is 1. The molecule has 0 aliphatic carbocycles. The Morgan fingerprint density at radius 1 is 1.12 bits per heavy atom. The Kier molecular flexibility index (Phi) is 5.90. The van der Waals surface area contributed by atoms with E-state index in [4.69, 9.17) is 21.1 Å². The summed E-state index contributed by atoms with van der Waals surface area (Å²) in [5, 5.41) is 8.47. The lowest BCUT2D eigenvalue weighted by Crippen LogP contribution is -2.38. The largest absolute Gasteiger partial charge is 0.379 e. The van der Waals surface area contributed by atoms with Gasteiger partial charge >= 0.3 is 0 Å². The summed E-state index contributed by atoms with van der Waals surface area (Å²) in [7, 11) is 0. The Morgan fingerprint density at radius 2 is 1.85 bits per heavy atom. The number of benzene rings is 1. The fraction of sp³-hybridized carbons (Fsp3) is 0.550. The monoisotopic (exact) mass is 375 g/mol. The quantitative estimate of drug-likeness (QED) is 0.887. The number of aromatic amines is 1. The van der Waals surface area contributed by atoms with E-state index in [0.29, 0.717) is 11.8 Å². The molecule has 5 nitrogen and oxygen atoms in total. The van der Waals surface area contributed by atoms with Crippen LogP contribution in [0.2, 0.25) is 5.02 Å². The molecule has 0 bridgehead atoms. The summed E-state index contributed by atoms with van der Waals surface area (Å²) in [5.41, 5.74) is 3.14. The van der Waals surface area contributed by atoms with Gasteiger partial charge in [0.05, 0.1) is 37.1 Å². The molecule has 1 aromatic heterocycles. The SMILES string of the molecule is Clc1ccccc1-c1cc(C2CCN(CC3COCCOC3)CC2)[nH]n1. The van der Waals surface area contributed by atoms with Gasteiger partial charge in [-0.1, -0.05) is 29.8 Å². The Bertz CT molecular complexity index is 705.